The van der Waals surface area contributed by atoms with Crippen LogP contribution in [0.25, 0.3) is 0 Å². The summed E-state index contributed by atoms with van der Waals surface area (Å²) in [6.07, 6.45) is 1.63. The molecular formula is C29H31FN2O. The number of hydrogen-bond acceptors (Lipinski definition) is 3. The highest BCUT2D eigenvalue weighted by Gasteiger charge is 2.51. The molecule has 1 saturated heterocycles. The maximum atomic E-state index is 14.5. The number of piperazine rings is 1. The van der Waals surface area contributed by atoms with E-state index >= 15 is 0 Å². The zero-order chi connectivity index (χ0) is 23.0. The topological polar surface area (TPSA) is 23.6 Å². The maximum Gasteiger partial charge on any atom is 0.188 e. The molecule has 33 heavy (non-hydrogen) atoms. The summed E-state index contributed by atoms with van der Waals surface area (Å²) in [5.74, 6) is -0.171. The fourth-order valence-corrected chi connectivity index (χ4v) is 5.71. The molecule has 1 aliphatic heterocycles. The quantitative estimate of drug-likeness (QED) is 0.546. The number of carbonyl (C=O) groups is 1. The molecule has 4 heteroatoms. The number of carbonyl (C=O) groups excluding carboxylic acids is 1. The number of benzene rings is 3. The van der Waals surface area contributed by atoms with E-state index in [1.165, 1.54) is 17.2 Å². The van der Waals surface area contributed by atoms with Crippen molar-refractivity contribution in [3.05, 3.63) is 106 Å². The van der Waals surface area contributed by atoms with Gasteiger partial charge in [-0.3, -0.25) is 14.6 Å². The van der Waals surface area contributed by atoms with Gasteiger partial charge in [0.15, 0.2) is 5.78 Å². The van der Waals surface area contributed by atoms with Crippen molar-refractivity contribution in [2.45, 2.75) is 38.8 Å². The summed E-state index contributed by atoms with van der Waals surface area (Å²) in [4.78, 5) is 18.7. The summed E-state index contributed by atoms with van der Waals surface area (Å²) >= 11 is 0. The summed E-state index contributed by atoms with van der Waals surface area (Å²) in [5, 5.41) is 0. The molecule has 0 saturated carbocycles. The highest BCUT2D eigenvalue weighted by Crippen LogP contribution is 2.43. The second-order valence-electron chi connectivity index (χ2n) is 9.43. The lowest BCUT2D eigenvalue weighted by Gasteiger charge is -2.45. The van der Waals surface area contributed by atoms with Crippen LogP contribution >= 0.6 is 0 Å². The molecule has 3 nitrogen and oxygen atoms in total. The van der Waals surface area contributed by atoms with Crippen LogP contribution < -0.4 is 0 Å². The fourth-order valence-electron chi connectivity index (χ4n) is 5.71. The van der Waals surface area contributed by atoms with E-state index in [9.17, 15) is 9.18 Å². The minimum Gasteiger partial charge on any atom is -0.297 e. The largest absolute Gasteiger partial charge is 0.297 e. The summed E-state index contributed by atoms with van der Waals surface area (Å²) in [6, 6.07) is 21.6. The molecule has 0 N–H and O–H groups in total. The van der Waals surface area contributed by atoms with Gasteiger partial charge in [-0.05, 0) is 53.3 Å². The number of aryl methyl sites for hydroxylation is 2. The molecule has 0 spiro atoms. The van der Waals surface area contributed by atoms with Crippen molar-refractivity contribution in [2.24, 2.45) is 0 Å². The summed E-state index contributed by atoms with van der Waals surface area (Å²) < 4.78 is 14.5. The van der Waals surface area contributed by atoms with Crippen LogP contribution in [0.3, 0.4) is 0 Å². The number of Topliss-reactive ketones (excluding diaryl/α,β-unsaturated/α-hetero) is 1. The van der Waals surface area contributed by atoms with Gasteiger partial charge in [0.25, 0.3) is 0 Å². The van der Waals surface area contributed by atoms with Crippen LogP contribution in [0.15, 0.2) is 66.7 Å². The second-order valence-corrected chi connectivity index (χ2v) is 9.43. The van der Waals surface area contributed by atoms with E-state index in [2.05, 4.69) is 41.0 Å². The van der Waals surface area contributed by atoms with Gasteiger partial charge in [-0.25, -0.2) is 4.39 Å². The van der Waals surface area contributed by atoms with Crippen molar-refractivity contribution in [1.82, 2.24) is 9.80 Å². The Bertz CT molecular complexity index is 1160. The number of rotatable bonds is 5. The van der Waals surface area contributed by atoms with Gasteiger partial charge in [-0.1, -0.05) is 61.5 Å². The monoisotopic (exact) mass is 442 g/mol. The molecule has 170 valence electrons. The van der Waals surface area contributed by atoms with Crippen molar-refractivity contribution in [3.63, 3.8) is 0 Å². The Morgan fingerprint density at radius 1 is 0.909 bits per heavy atom. The number of halogens is 1. The van der Waals surface area contributed by atoms with Gasteiger partial charge >= 0.3 is 0 Å². The van der Waals surface area contributed by atoms with Gasteiger partial charge in [0.2, 0.25) is 0 Å². The van der Waals surface area contributed by atoms with Gasteiger partial charge in [-0.15, -0.1) is 0 Å². The molecule has 1 heterocycles. The SMILES string of the molecule is CCc1ccccc1CN1CCN(C2(c3cc(C)cc(F)c3)Cc3ccccc3C2=O)CC1. The molecule has 1 aliphatic carbocycles. The molecule has 3 aromatic rings. The fraction of sp³-hybridized carbons (Fsp3) is 0.345. The third-order valence-electron chi connectivity index (χ3n) is 7.41. The Hall–Kier alpha value is -2.82. The second kappa shape index (κ2) is 8.85. The molecule has 1 unspecified atom stereocenters. The molecular weight excluding hydrogens is 411 g/mol. The lowest BCUT2D eigenvalue weighted by Crippen LogP contribution is -2.58. The minimum atomic E-state index is -0.829. The van der Waals surface area contributed by atoms with Crippen molar-refractivity contribution in [1.29, 1.82) is 0 Å². The summed E-state index contributed by atoms with van der Waals surface area (Å²) in [6.45, 7) is 8.36. The first-order valence-corrected chi connectivity index (χ1v) is 12.0. The van der Waals surface area contributed by atoms with Gasteiger partial charge in [0.05, 0.1) is 0 Å². The molecule has 0 amide bonds. The molecule has 0 aromatic heterocycles. The first kappa shape index (κ1) is 22.0. The van der Waals surface area contributed by atoms with Gasteiger partial charge in [0.1, 0.15) is 11.4 Å². The average Bonchev–Trinajstić information content (AvgIpc) is 3.13. The van der Waals surface area contributed by atoms with Gasteiger partial charge in [-0.2, -0.15) is 0 Å². The summed E-state index contributed by atoms with van der Waals surface area (Å²) in [7, 11) is 0. The number of fused-ring (bicyclic) bond motifs is 1. The van der Waals surface area contributed by atoms with Gasteiger partial charge in [0, 0.05) is 44.7 Å². The molecule has 5 rings (SSSR count). The predicted octanol–water partition coefficient (Wildman–Crippen LogP) is 5.15. The smallest absolute Gasteiger partial charge is 0.188 e. The van der Waals surface area contributed by atoms with Crippen molar-refractivity contribution in [2.75, 3.05) is 26.2 Å². The Morgan fingerprint density at radius 2 is 1.61 bits per heavy atom. The van der Waals surface area contributed by atoms with Gasteiger partial charge < -0.3 is 0 Å². The lowest BCUT2D eigenvalue weighted by atomic mass is 9.82. The van der Waals surface area contributed by atoms with E-state index in [1.807, 2.05) is 37.3 Å². The van der Waals surface area contributed by atoms with E-state index in [0.717, 1.165) is 61.4 Å². The molecule has 0 bridgehead atoms. The van der Waals surface area contributed by atoms with Crippen LogP contribution in [0.1, 0.15) is 45.1 Å². The Kier molecular flexibility index (Phi) is 5.90. The van der Waals surface area contributed by atoms with E-state index in [4.69, 9.17) is 0 Å². The predicted molar refractivity (Wildman–Crippen MR) is 130 cm³/mol. The normalized spacial score (nSPS) is 21.4. The van der Waals surface area contributed by atoms with E-state index in [0.29, 0.717) is 6.42 Å². The molecule has 2 aliphatic rings. The molecule has 0 radical (unpaired) electrons. The number of hydrogen-bond donors (Lipinski definition) is 0. The van der Waals surface area contributed by atoms with Crippen LogP contribution in [-0.2, 0) is 24.9 Å². The van der Waals surface area contributed by atoms with Crippen molar-refractivity contribution < 1.29 is 9.18 Å². The zero-order valence-electron chi connectivity index (χ0n) is 19.5. The van der Waals surface area contributed by atoms with Crippen molar-refractivity contribution in [3.8, 4) is 0 Å². The number of ketones is 1. The van der Waals surface area contributed by atoms with Crippen molar-refractivity contribution >= 4 is 5.78 Å². The third kappa shape index (κ3) is 3.92. The van der Waals surface area contributed by atoms with E-state index < -0.39 is 5.54 Å². The van der Waals surface area contributed by atoms with Crippen LogP contribution in [0, 0.1) is 12.7 Å². The van der Waals surface area contributed by atoms with Crippen LogP contribution in [0.4, 0.5) is 4.39 Å². The minimum absolute atomic E-state index is 0.105. The van der Waals surface area contributed by atoms with Crippen LogP contribution in [0.5, 0.6) is 0 Å². The Balaban J connectivity index is 1.44. The first-order chi connectivity index (χ1) is 16.0. The zero-order valence-corrected chi connectivity index (χ0v) is 19.5. The molecule has 3 aromatic carbocycles. The maximum absolute atomic E-state index is 14.5. The average molecular weight is 443 g/mol. The Labute approximate surface area is 195 Å². The lowest BCUT2D eigenvalue weighted by molar-refractivity contribution is 0.0286. The third-order valence-corrected chi connectivity index (χ3v) is 7.41. The Morgan fingerprint density at radius 3 is 2.30 bits per heavy atom. The van der Waals surface area contributed by atoms with E-state index in [-0.39, 0.29) is 11.6 Å². The standard InChI is InChI=1S/C29H31FN2O/c1-3-22-8-4-5-10-24(22)20-31-12-14-32(15-13-31)29(25-16-21(2)17-26(30)18-25)19-23-9-6-7-11-27(23)28(29)33/h4-11,16-18H,3,12-15,19-20H2,1-2H3. The van der Waals surface area contributed by atoms with Crippen LogP contribution in [0.2, 0.25) is 0 Å². The molecule has 1 fully saturated rings. The van der Waals surface area contributed by atoms with E-state index in [1.54, 1.807) is 6.07 Å². The number of nitrogens with zero attached hydrogens (tertiary/aromatic N) is 2. The summed E-state index contributed by atoms with van der Waals surface area (Å²) in [5.41, 5.74) is 5.42. The highest BCUT2D eigenvalue weighted by atomic mass is 19.1. The van der Waals surface area contributed by atoms with Crippen LogP contribution in [-0.4, -0.2) is 41.8 Å². The highest BCUT2D eigenvalue weighted by molar-refractivity contribution is 6.08. The first-order valence-electron chi connectivity index (χ1n) is 12.0. The molecule has 1 atom stereocenters.